The van der Waals surface area contributed by atoms with E-state index >= 15 is 0 Å². The van der Waals surface area contributed by atoms with Gasteiger partial charge in [0.2, 0.25) is 12.0 Å². The lowest BCUT2D eigenvalue weighted by molar-refractivity contribution is -0.167. The van der Waals surface area contributed by atoms with Gasteiger partial charge in [0.05, 0.1) is 12.8 Å². The number of amides is 1. The molecule has 114 valence electrons. The number of carboxylic acids is 2. The van der Waals surface area contributed by atoms with Crippen LogP contribution in [0.25, 0.3) is 0 Å². The highest BCUT2D eigenvalue weighted by atomic mass is 32.2. The van der Waals surface area contributed by atoms with Crippen molar-refractivity contribution in [2.24, 2.45) is 5.73 Å². The van der Waals surface area contributed by atoms with Crippen molar-refractivity contribution in [1.82, 2.24) is 0 Å². The van der Waals surface area contributed by atoms with Crippen LogP contribution >= 0.6 is 0 Å². The monoisotopic (exact) mass is 313 g/mol. The van der Waals surface area contributed by atoms with Gasteiger partial charge in [0, 0.05) is 0 Å². The van der Waals surface area contributed by atoms with E-state index in [2.05, 4.69) is 10.5 Å². The molecule has 12 heteroatoms. The first kappa shape index (κ1) is 17.8. The van der Waals surface area contributed by atoms with Crippen LogP contribution in [0.4, 0.5) is 0 Å². The highest BCUT2D eigenvalue weighted by molar-refractivity contribution is 7.87. The van der Waals surface area contributed by atoms with Crippen LogP contribution in [0.3, 0.4) is 0 Å². The quantitative estimate of drug-likeness (QED) is 0.276. The van der Waals surface area contributed by atoms with Gasteiger partial charge >= 0.3 is 17.9 Å². The van der Waals surface area contributed by atoms with Crippen LogP contribution in [0, 0.1) is 0 Å². The molecule has 0 heterocycles. The van der Waals surface area contributed by atoms with E-state index in [-0.39, 0.29) is 0 Å². The van der Waals surface area contributed by atoms with Crippen molar-refractivity contribution in [3.8, 4) is 0 Å². The van der Waals surface area contributed by atoms with Crippen molar-refractivity contribution in [3.05, 3.63) is 0 Å². The summed E-state index contributed by atoms with van der Waals surface area (Å²) in [4.78, 5) is 42.9. The number of carbonyl (C=O) groups excluding carboxylic acids is 2. The summed E-state index contributed by atoms with van der Waals surface area (Å²) in [6.45, 7) is 0. The van der Waals surface area contributed by atoms with Crippen molar-refractivity contribution in [1.29, 1.82) is 0 Å². The molecule has 0 fully saturated rings. The average Bonchev–Trinajstić information content (AvgIpc) is 2.22. The zero-order chi connectivity index (χ0) is 16.1. The van der Waals surface area contributed by atoms with E-state index in [1.165, 1.54) is 0 Å². The van der Waals surface area contributed by atoms with Gasteiger partial charge in [-0.25, -0.2) is 4.79 Å². The molecule has 1 amide bonds. The molecule has 0 saturated carbocycles. The van der Waals surface area contributed by atoms with Crippen LogP contribution in [0.2, 0.25) is 0 Å². The van der Waals surface area contributed by atoms with Crippen molar-refractivity contribution < 1.29 is 47.1 Å². The third-order valence-electron chi connectivity index (χ3n) is 1.90. The van der Waals surface area contributed by atoms with Gasteiger partial charge in [-0.05, 0) is 0 Å². The Bertz CT molecular complexity index is 523. The number of primary amides is 1. The van der Waals surface area contributed by atoms with Crippen molar-refractivity contribution >= 4 is 33.9 Å². The lowest BCUT2D eigenvalue weighted by atomic mass is 10.2. The highest BCUT2D eigenvalue weighted by Crippen LogP contribution is 2.10. The third-order valence-corrected chi connectivity index (χ3v) is 2.98. The maximum atomic E-state index is 11.4. The van der Waals surface area contributed by atoms with E-state index in [0.717, 1.165) is 0 Å². The van der Waals surface area contributed by atoms with E-state index in [1.807, 2.05) is 0 Å². The van der Waals surface area contributed by atoms with Gasteiger partial charge in [-0.15, -0.1) is 0 Å². The fourth-order valence-electron chi connectivity index (χ4n) is 1.05. The van der Waals surface area contributed by atoms with E-state index in [9.17, 15) is 27.6 Å². The van der Waals surface area contributed by atoms with Gasteiger partial charge in [0.15, 0.2) is 5.25 Å². The Morgan fingerprint density at radius 1 is 1.10 bits per heavy atom. The maximum absolute atomic E-state index is 11.4. The molecule has 0 aliphatic rings. The van der Waals surface area contributed by atoms with Crippen LogP contribution < -0.4 is 5.73 Å². The lowest BCUT2D eigenvalue weighted by Crippen LogP contribution is -2.40. The second-order valence-electron chi connectivity index (χ2n) is 3.54. The van der Waals surface area contributed by atoms with E-state index in [1.54, 1.807) is 0 Å². The number of aliphatic carboxylic acids is 2. The number of carboxylic acid groups (broad SMARTS) is 2. The number of nitrogens with two attached hydrogens (primary N) is 1. The van der Waals surface area contributed by atoms with Crippen molar-refractivity contribution in [2.45, 2.75) is 24.2 Å². The number of ether oxygens (including phenoxy) is 1. The molecule has 5 N–H and O–H groups in total. The summed E-state index contributed by atoms with van der Waals surface area (Å²) < 4.78 is 34.6. The SMILES string of the molecule is NC(=O)CC(C(=O)OC(CC(=O)O)C(=O)O)S(=O)(=O)O. The molecule has 2 atom stereocenters. The summed E-state index contributed by atoms with van der Waals surface area (Å²) in [7, 11) is -5.07. The molecule has 0 saturated heterocycles. The van der Waals surface area contributed by atoms with Gasteiger partial charge in [0.1, 0.15) is 0 Å². The average molecular weight is 313 g/mol. The minimum Gasteiger partial charge on any atom is -0.481 e. The minimum atomic E-state index is -5.07. The Kier molecular flexibility index (Phi) is 6.06. The normalized spacial score (nSPS) is 14.1. The second kappa shape index (κ2) is 6.81. The number of esters is 1. The zero-order valence-corrected chi connectivity index (χ0v) is 10.6. The predicted octanol–water partition coefficient (Wildman–Crippen LogP) is -2.41. The summed E-state index contributed by atoms with van der Waals surface area (Å²) in [5, 5.41) is 14.6. The molecule has 0 aromatic heterocycles. The highest BCUT2D eigenvalue weighted by Gasteiger charge is 2.37. The van der Waals surface area contributed by atoms with Gasteiger partial charge in [0.25, 0.3) is 10.1 Å². The smallest absolute Gasteiger partial charge is 0.345 e. The van der Waals surface area contributed by atoms with Crippen molar-refractivity contribution in [3.63, 3.8) is 0 Å². The lowest BCUT2D eigenvalue weighted by Gasteiger charge is -2.15. The molecule has 0 aliphatic carbocycles. The van der Waals surface area contributed by atoms with E-state index < -0.39 is 58.1 Å². The largest absolute Gasteiger partial charge is 0.481 e. The first-order chi connectivity index (χ1) is 8.95. The molecule has 0 aliphatic heterocycles. The van der Waals surface area contributed by atoms with Crippen molar-refractivity contribution in [2.75, 3.05) is 0 Å². The summed E-state index contributed by atoms with van der Waals surface area (Å²) in [5.74, 6) is -6.52. The van der Waals surface area contributed by atoms with Gasteiger partial charge in [-0.2, -0.15) is 8.42 Å². The molecule has 2 unspecified atom stereocenters. The Labute approximate surface area is 112 Å². The fraction of sp³-hybridized carbons (Fsp3) is 0.500. The Morgan fingerprint density at radius 3 is 1.90 bits per heavy atom. The first-order valence-corrected chi connectivity index (χ1v) is 6.35. The van der Waals surface area contributed by atoms with E-state index in [4.69, 9.17) is 14.8 Å². The molecular weight excluding hydrogens is 302 g/mol. The molecule has 20 heavy (non-hydrogen) atoms. The molecular formula is C8H11NO10S. The molecule has 11 nitrogen and oxygen atoms in total. The standard InChI is InChI=1S/C8H11NO10S/c9-5(10)2-4(20(16,17)18)8(15)19-3(7(13)14)1-6(11)12/h3-4H,1-2H2,(H2,9,10)(H,11,12)(H,13,14)(H,16,17,18). The zero-order valence-electron chi connectivity index (χ0n) is 9.75. The fourth-order valence-corrected chi connectivity index (χ4v) is 1.72. The van der Waals surface area contributed by atoms with Gasteiger partial charge in [-0.1, -0.05) is 0 Å². The number of rotatable bonds is 8. The van der Waals surface area contributed by atoms with Crippen LogP contribution in [-0.2, 0) is 34.0 Å². The van der Waals surface area contributed by atoms with Crippen LogP contribution in [0.15, 0.2) is 0 Å². The number of hydrogen-bond donors (Lipinski definition) is 4. The van der Waals surface area contributed by atoms with Crippen LogP contribution in [0.5, 0.6) is 0 Å². The summed E-state index contributed by atoms with van der Waals surface area (Å²) in [6, 6.07) is 0. The number of carbonyl (C=O) groups is 4. The molecule has 0 rings (SSSR count). The molecule has 0 aromatic carbocycles. The maximum Gasteiger partial charge on any atom is 0.345 e. The van der Waals surface area contributed by atoms with Gasteiger partial charge < -0.3 is 20.7 Å². The van der Waals surface area contributed by atoms with Crippen LogP contribution in [-0.4, -0.2) is 58.4 Å². The molecule has 0 aromatic rings. The van der Waals surface area contributed by atoms with Gasteiger partial charge in [-0.3, -0.25) is 18.9 Å². The topological polar surface area (TPSA) is 198 Å². The van der Waals surface area contributed by atoms with Crippen LogP contribution in [0.1, 0.15) is 12.8 Å². The third kappa shape index (κ3) is 6.10. The Morgan fingerprint density at radius 2 is 1.60 bits per heavy atom. The minimum absolute atomic E-state index is 1.13. The second-order valence-corrected chi connectivity index (χ2v) is 5.13. The van der Waals surface area contributed by atoms with E-state index in [0.29, 0.717) is 0 Å². The Balaban J connectivity index is 5.12. The molecule has 0 bridgehead atoms. The number of hydrogen-bond acceptors (Lipinski definition) is 7. The Hall–Kier alpha value is -2.21. The summed E-state index contributed by atoms with van der Waals surface area (Å²) in [6.07, 6.45) is -4.44. The summed E-state index contributed by atoms with van der Waals surface area (Å²) in [5.41, 5.74) is 4.67. The predicted molar refractivity (Wildman–Crippen MR) is 58.9 cm³/mol. The molecule has 0 spiro atoms. The first-order valence-electron chi connectivity index (χ1n) is 4.84. The molecule has 0 radical (unpaired) electrons. The summed E-state index contributed by atoms with van der Waals surface area (Å²) >= 11 is 0.